The number of anilines is 8. The van der Waals surface area contributed by atoms with Crippen molar-refractivity contribution >= 4 is 67.4 Å². The van der Waals surface area contributed by atoms with E-state index in [0.29, 0.717) is 6.54 Å². The second-order valence-electron chi connectivity index (χ2n) is 16.5. The number of methoxy groups -OCH3 is 4. The molecule has 9 rings (SSSR count). The maximum absolute atomic E-state index is 12.5. The van der Waals surface area contributed by atoms with E-state index in [9.17, 15) is 13.0 Å². The summed E-state index contributed by atoms with van der Waals surface area (Å²) in [6, 6.07) is 61.6. The molecular formula is C58H52N3NaO7S2. The van der Waals surface area contributed by atoms with E-state index in [4.69, 9.17) is 18.9 Å². The molecule has 71 heavy (non-hydrogen) atoms. The van der Waals surface area contributed by atoms with Crippen molar-refractivity contribution in [3.8, 4) is 45.3 Å². The molecule has 13 heteroatoms. The van der Waals surface area contributed by atoms with Crippen LogP contribution in [0.25, 0.3) is 22.3 Å². The van der Waals surface area contributed by atoms with E-state index in [1.807, 2.05) is 97.1 Å². The molecule has 0 saturated carbocycles. The zero-order valence-corrected chi connectivity index (χ0v) is 44.1. The molecule has 1 aliphatic rings. The summed E-state index contributed by atoms with van der Waals surface area (Å²) in [5, 5.41) is -1.18. The maximum atomic E-state index is 12.5. The fourth-order valence-corrected chi connectivity index (χ4v) is 10.5. The first kappa shape index (κ1) is 50.7. The Balaban J connectivity index is 0.00000676. The second kappa shape index (κ2) is 22.6. The molecule has 0 spiro atoms. The van der Waals surface area contributed by atoms with Gasteiger partial charge in [-0.1, -0.05) is 60.3 Å². The van der Waals surface area contributed by atoms with Crippen LogP contribution in [-0.2, 0) is 10.1 Å². The van der Waals surface area contributed by atoms with E-state index in [-0.39, 0.29) is 36.0 Å². The Morgan fingerprint density at radius 3 is 1.07 bits per heavy atom. The molecule has 10 nitrogen and oxygen atoms in total. The maximum Gasteiger partial charge on any atom is 1.00 e. The summed E-state index contributed by atoms with van der Waals surface area (Å²) in [4.78, 5) is 8.58. The molecule has 0 N–H and O–H groups in total. The average molecular weight is 990 g/mol. The van der Waals surface area contributed by atoms with Gasteiger partial charge in [0, 0.05) is 50.5 Å². The molecular weight excluding hydrogens is 938 g/mol. The third-order valence-corrected chi connectivity index (χ3v) is 14.6. The third-order valence-electron chi connectivity index (χ3n) is 12.4. The van der Waals surface area contributed by atoms with Crippen molar-refractivity contribution in [2.45, 2.75) is 28.4 Å². The van der Waals surface area contributed by atoms with Crippen LogP contribution < -0.4 is 63.2 Å². The Kier molecular flexibility index (Phi) is 16.2. The van der Waals surface area contributed by atoms with Gasteiger partial charge in [-0.3, -0.25) is 0 Å². The van der Waals surface area contributed by atoms with Crippen LogP contribution in [0.15, 0.2) is 204 Å². The number of fused-ring (bicyclic) bond motifs is 2. The smallest absolute Gasteiger partial charge is 0.747 e. The topological polar surface area (TPSA) is 104 Å². The summed E-state index contributed by atoms with van der Waals surface area (Å²) in [6.45, 7) is 2.02. The Morgan fingerprint density at radius 1 is 0.493 bits per heavy atom. The average Bonchev–Trinajstić information content (AvgIpc) is 3.40. The van der Waals surface area contributed by atoms with Gasteiger partial charge in [0.25, 0.3) is 0 Å². The van der Waals surface area contributed by atoms with E-state index in [0.717, 1.165) is 101 Å². The second-order valence-corrected chi connectivity index (χ2v) is 19.2. The zero-order chi connectivity index (χ0) is 48.8. The number of nitrogens with zero attached hydrogens (tertiary/aromatic N) is 3. The van der Waals surface area contributed by atoms with E-state index < -0.39 is 15.4 Å². The van der Waals surface area contributed by atoms with Gasteiger partial charge in [-0.15, -0.1) is 0 Å². The molecule has 0 radical (unpaired) electrons. The molecule has 0 aromatic heterocycles. The van der Waals surface area contributed by atoms with Crippen molar-refractivity contribution in [1.82, 2.24) is 0 Å². The first-order valence-electron chi connectivity index (χ1n) is 22.8. The van der Waals surface area contributed by atoms with Crippen LogP contribution >= 0.6 is 11.8 Å². The van der Waals surface area contributed by atoms with Crippen LogP contribution in [0.5, 0.6) is 23.0 Å². The fraction of sp³-hybridized carbons (Fsp3) is 0.138. The van der Waals surface area contributed by atoms with Gasteiger partial charge < -0.3 is 38.2 Å². The first-order valence-corrected chi connectivity index (χ1v) is 25.0. The molecule has 0 fully saturated rings. The fourth-order valence-electron chi connectivity index (χ4n) is 8.71. The summed E-state index contributed by atoms with van der Waals surface area (Å²) in [5.41, 5.74) is 11.7. The third kappa shape index (κ3) is 11.3. The number of allylic oxidation sites excluding steroid dienone is 1. The van der Waals surface area contributed by atoms with E-state index in [1.54, 1.807) is 53.2 Å². The largest absolute Gasteiger partial charge is 1.00 e. The van der Waals surface area contributed by atoms with Crippen molar-refractivity contribution in [3.05, 3.63) is 194 Å². The summed E-state index contributed by atoms with van der Waals surface area (Å²) in [5.74, 6) is 3.08. The minimum Gasteiger partial charge on any atom is -0.747 e. The summed E-state index contributed by atoms with van der Waals surface area (Å²) in [6.07, 6.45) is 3.23. The molecule has 1 heterocycles. The number of ether oxygens (including phenoxy) is 4. The molecule has 0 saturated heterocycles. The van der Waals surface area contributed by atoms with Crippen LogP contribution in [-0.4, -0.2) is 53.2 Å². The molecule has 8 aromatic rings. The van der Waals surface area contributed by atoms with Gasteiger partial charge in [-0.25, -0.2) is 8.42 Å². The van der Waals surface area contributed by atoms with Crippen LogP contribution in [0.3, 0.4) is 0 Å². The predicted octanol–water partition coefficient (Wildman–Crippen LogP) is 11.5. The van der Waals surface area contributed by atoms with Crippen molar-refractivity contribution in [3.63, 3.8) is 0 Å². The van der Waals surface area contributed by atoms with Gasteiger partial charge in [-0.2, -0.15) is 0 Å². The van der Waals surface area contributed by atoms with Crippen molar-refractivity contribution < 1.29 is 61.5 Å². The number of hydrogen-bond acceptors (Lipinski definition) is 11. The number of rotatable bonds is 17. The summed E-state index contributed by atoms with van der Waals surface area (Å²) in [7, 11) is 2.03. The van der Waals surface area contributed by atoms with Crippen molar-refractivity contribution in [1.29, 1.82) is 0 Å². The Bertz CT molecular complexity index is 2920. The SMILES string of the molecule is C/C=C/C(CCN1c2cc(-c3ccc(N(c4ccc(OC)cc4)c4ccc(OC)cc4)cc3)ccc2Sc2ccc(-c3ccc(N(c4ccc(OC)cc4)c4ccc(OC)cc4)cc3)cc21)S(=O)(=O)[O-].[Na+]. The van der Waals surface area contributed by atoms with Gasteiger partial charge in [0.2, 0.25) is 0 Å². The Hall–Kier alpha value is -6.64. The molecule has 1 atom stereocenters. The molecule has 1 aliphatic heterocycles. The van der Waals surface area contributed by atoms with Crippen LogP contribution in [0.2, 0.25) is 0 Å². The molecule has 0 aliphatic carbocycles. The van der Waals surface area contributed by atoms with Gasteiger partial charge in [0.05, 0.1) is 45.1 Å². The van der Waals surface area contributed by atoms with Crippen LogP contribution in [0.4, 0.5) is 45.5 Å². The van der Waals surface area contributed by atoms with Crippen molar-refractivity contribution in [2.24, 2.45) is 0 Å². The van der Waals surface area contributed by atoms with Crippen LogP contribution in [0.1, 0.15) is 13.3 Å². The first-order chi connectivity index (χ1) is 34.1. The Morgan fingerprint density at radius 2 is 0.789 bits per heavy atom. The van der Waals surface area contributed by atoms with E-state index in [2.05, 4.69) is 99.6 Å². The van der Waals surface area contributed by atoms with E-state index in [1.165, 1.54) is 6.08 Å². The van der Waals surface area contributed by atoms with Gasteiger partial charge in [0.1, 0.15) is 33.1 Å². The van der Waals surface area contributed by atoms with Gasteiger partial charge in [0.15, 0.2) is 0 Å². The van der Waals surface area contributed by atoms with Gasteiger partial charge >= 0.3 is 29.6 Å². The van der Waals surface area contributed by atoms with Crippen LogP contribution in [0, 0.1) is 0 Å². The predicted molar refractivity (Wildman–Crippen MR) is 283 cm³/mol. The molecule has 0 amide bonds. The zero-order valence-electron chi connectivity index (χ0n) is 40.5. The summed E-state index contributed by atoms with van der Waals surface area (Å²) >= 11 is 1.67. The molecule has 8 aromatic carbocycles. The minimum atomic E-state index is -4.60. The van der Waals surface area contributed by atoms with Crippen molar-refractivity contribution in [2.75, 3.05) is 49.7 Å². The minimum absolute atomic E-state index is 0. The molecule has 1 unspecified atom stereocenters. The summed E-state index contributed by atoms with van der Waals surface area (Å²) < 4.78 is 59.4. The standard InChI is InChI=1S/C58H53N3O7S2.Na/c1-6-7-54(70(62,63)64)36-37-59-55-38-42(40-8-14-44(15-9-40)60(46-18-26-50(65-2)27-19-46)47-20-28-51(66-3)29-21-47)12-34-57(55)69-58-35-13-43(39-56(58)59)41-10-16-45(17-11-41)61(48-22-30-52(67-4)31-23-48)49-24-32-53(68-5)33-25-49;/h6-35,38-39,54H,36-37H2,1-5H3,(H,62,63,64);/q;+1/p-1/b7-6+;. The quantitative estimate of drug-likeness (QED) is 0.0495. The number of benzene rings is 8. The Labute approximate surface area is 443 Å². The monoisotopic (exact) mass is 989 g/mol. The van der Waals surface area contributed by atoms with Gasteiger partial charge in [-0.05, 0) is 181 Å². The number of hydrogen-bond donors (Lipinski definition) is 0. The van der Waals surface area contributed by atoms with E-state index >= 15 is 0 Å². The molecule has 0 bridgehead atoms. The molecule has 354 valence electrons. The normalized spacial score (nSPS) is 12.3.